The predicted molar refractivity (Wildman–Crippen MR) is 71.4 cm³/mol. The first kappa shape index (κ1) is 15.0. The van der Waals surface area contributed by atoms with E-state index in [2.05, 4.69) is 10.2 Å². The van der Waals surface area contributed by atoms with Gasteiger partial charge in [-0.25, -0.2) is 4.39 Å². The van der Waals surface area contributed by atoms with E-state index in [-0.39, 0.29) is 24.0 Å². The monoisotopic (exact) mass is 294 g/mol. The molecule has 1 aromatic carbocycles. The average Bonchev–Trinajstić information content (AvgIpc) is 2.86. The van der Waals surface area contributed by atoms with E-state index in [4.69, 9.17) is 14.3 Å². The fourth-order valence-electron chi connectivity index (χ4n) is 1.91. The van der Waals surface area contributed by atoms with Crippen molar-refractivity contribution in [1.29, 1.82) is 0 Å². The van der Waals surface area contributed by atoms with Crippen molar-refractivity contribution in [2.45, 2.75) is 19.8 Å². The Labute approximate surface area is 120 Å². The highest BCUT2D eigenvalue weighted by Crippen LogP contribution is 2.26. The number of ether oxygens (including phenoxy) is 1. The standard InChI is InChI=1S/C14H15FN2O4/c1-8(6-13(18)19)5-12-16-17-14(21-12)9-3-4-10(15)11(7-9)20-2/h3-4,7-8H,5-6H2,1-2H3,(H,18,19). The Morgan fingerprint density at radius 3 is 2.90 bits per heavy atom. The molecule has 0 aliphatic rings. The summed E-state index contributed by atoms with van der Waals surface area (Å²) in [6, 6.07) is 4.23. The quantitative estimate of drug-likeness (QED) is 0.881. The summed E-state index contributed by atoms with van der Waals surface area (Å²) < 4.78 is 23.7. The lowest BCUT2D eigenvalue weighted by atomic mass is 10.0. The highest BCUT2D eigenvalue weighted by Gasteiger charge is 2.15. The minimum Gasteiger partial charge on any atom is -0.494 e. The van der Waals surface area contributed by atoms with E-state index in [0.717, 1.165) is 0 Å². The summed E-state index contributed by atoms with van der Waals surface area (Å²) in [5.74, 6) is -0.778. The van der Waals surface area contributed by atoms with Gasteiger partial charge in [-0.3, -0.25) is 4.79 Å². The van der Waals surface area contributed by atoms with Crippen molar-refractivity contribution >= 4 is 5.97 Å². The predicted octanol–water partition coefficient (Wildman–Crippen LogP) is 2.54. The summed E-state index contributed by atoms with van der Waals surface area (Å²) in [4.78, 5) is 10.6. The largest absolute Gasteiger partial charge is 0.494 e. The maximum absolute atomic E-state index is 13.3. The molecule has 7 heteroatoms. The van der Waals surface area contributed by atoms with Crippen molar-refractivity contribution in [2.24, 2.45) is 5.92 Å². The maximum atomic E-state index is 13.3. The van der Waals surface area contributed by atoms with E-state index in [1.807, 2.05) is 0 Å². The number of hydrogen-bond acceptors (Lipinski definition) is 5. The molecule has 21 heavy (non-hydrogen) atoms. The molecule has 2 rings (SSSR count). The fraction of sp³-hybridized carbons (Fsp3) is 0.357. The second-order valence-corrected chi connectivity index (χ2v) is 4.76. The number of carbonyl (C=O) groups is 1. The van der Waals surface area contributed by atoms with Crippen LogP contribution < -0.4 is 4.74 Å². The summed E-state index contributed by atoms with van der Waals surface area (Å²) in [7, 11) is 1.37. The summed E-state index contributed by atoms with van der Waals surface area (Å²) in [6.07, 6.45) is 0.402. The van der Waals surface area contributed by atoms with Crippen LogP contribution in [-0.4, -0.2) is 28.4 Å². The molecule has 2 aromatic rings. The molecule has 6 nitrogen and oxygen atoms in total. The molecule has 0 aliphatic heterocycles. The molecule has 0 radical (unpaired) electrons. The van der Waals surface area contributed by atoms with Crippen LogP contribution in [0.15, 0.2) is 22.6 Å². The van der Waals surface area contributed by atoms with Crippen LogP contribution in [0.2, 0.25) is 0 Å². The maximum Gasteiger partial charge on any atom is 0.303 e. The fourth-order valence-corrected chi connectivity index (χ4v) is 1.91. The van der Waals surface area contributed by atoms with Crippen LogP contribution in [-0.2, 0) is 11.2 Å². The zero-order chi connectivity index (χ0) is 15.4. The smallest absolute Gasteiger partial charge is 0.303 e. The molecular formula is C14H15FN2O4. The highest BCUT2D eigenvalue weighted by atomic mass is 19.1. The van der Waals surface area contributed by atoms with Crippen molar-refractivity contribution in [3.63, 3.8) is 0 Å². The summed E-state index contributed by atoms with van der Waals surface area (Å²) in [5.41, 5.74) is 0.540. The van der Waals surface area contributed by atoms with E-state index in [1.165, 1.54) is 25.3 Å². The van der Waals surface area contributed by atoms with Crippen molar-refractivity contribution in [1.82, 2.24) is 10.2 Å². The van der Waals surface area contributed by atoms with Crippen LogP contribution in [0.3, 0.4) is 0 Å². The Hall–Kier alpha value is -2.44. The van der Waals surface area contributed by atoms with E-state index in [0.29, 0.717) is 17.9 Å². The molecule has 0 amide bonds. The van der Waals surface area contributed by atoms with Crippen molar-refractivity contribution in [3.05, 3.63) is 29.9 Å². The Morgan fingerprint density at radius 2 is 2.24 bits per heavy atom. The minimum absolute atomic E-state index is 0.0298. The molecule has 0 bridgehead atoms. The SMILES string of the molecule is COc1cc(-c2nnc(CC(C)CC(=O)O)o2)ccc1F. The third-order valence-electron chi connectivity index (χ3n) is 2.91. The molecule has 0 spiro atoms. The second kappa shape index (κ2) is 6.34. The number of methoxy groups -OCH3 is 1. The lowest BCUT2D eigenvalue weighted by Crippen LogP contribution is -2.07. The highest BCUT2D eigenvalue weighted by molar-refractivity contribution is 5.67. The number of carboxylic acids is 1. The van der Waals surface area contributed by atoms with Crippen LogP contribution in [0.1, 0.15) is 19.2 Å². The number of aromatic nitrogens is 2. The van der Waals surface area contributed by atoms with Gasteiger partial charge in [-0.05, 0) is 24.1 Å². The van der Waals surface area contributed by atoms with Crippen molar-refractivity contribution < 1.29 is 23.4 Å². The van der Waals surface area contributed by atoms with Gasteiger partial charge in [-0.2, -0.15) is 0 Å². The van der Waals surface area contributed by atoms with E-state index < -0.39 is 11.8 Å². The lowest BCUT2D eigenvalue weighted by molar-refractivity contribution is -0.137. The number of carboxylic acid groups (broad SMARTS) is 1. The van der Waals surface area contributed by atoms with Gasteiger partial charge in [0.05, 0.1) is 7.11 Å². The molecule has 1 N–H and O–H groups in total. The number of hydrogen-bond donors (Lipinski definition) is 1. The minimum atomic E-state index is -0.870. The van der Waals surface area contributed by atoms with Crippen LogP contribution >= 0.6 is 0 Å². The lowest BCUT2D eigenvalue weighted by Gasteiger charge is -2.04. The van der Waals surface area contributed by atoms with Crippen LogP contribution in [0.25, 0.3) is 11.5 Å². The first-order valence-corrected chi connectivity index (χ1v) is 6.37. The molecule has 1 unspecified atom stereocenters. The Kier molecular flexibility index (Phi) is 4.52. The molecule has 112 valence electrons. The summed E-state index contributed by atoms with van der Waals surface area (Å²) in [5, 5.41) is 16.5. The third kappa shape index (κ3) is 3.77. The second-order valence-electron chi connectivity index (χ2n) is 4.76. The van der Waals surface area contributed by atoms with Gasteiger partial charge in [0, 0.05) is 18.4 Å². The number of halogens is 1. The van der Waals surface area contributed by atoms with Crippen LogP contribution in [0.5, 0.6) is 5.75 Å². The van der Waals surface area contributed by atoms with Crippen molar-refractivity contribution in [2.75, 3.05) is 7.11 Å². The van der Waals surface area contributed by atoms with Crippen molar-refractivity contribution in [3.8, 4) is 17.2 Å². The van der Waals surface area contributed by atoms with E-state index in [1.54, 1.807) is 6.92 Å². The van der Waals surface area contributed by atoms with Gasteiger partial charge in [0.15, 0.2) is 11.6 Å². The number of aliphatic carboxylic acids is 1. The summed E-state index contributed by atoms with van der Waals surface area (Å²) >= 11 is 0. The molecule has 0 saturated carbocycles. The number of rotatable bonds is 6. The molecule has 1 heterocycles. The molecule has 1 aromatic heterocycles. The third-order valence-corrected chi connectivity index (χ3v) is 2.91. The number of benzene rings is 1. The zero-order valence-electron chi connectivity index (χ0n) is 11.7. The first-order chi connectivity index (χ1) is 9.99. The average molecular weight is 294 g/mol. The van der Waals surface area contributed by atoms with Crippen LogP contribution in [0.4, 0.5) is 4.39 Å². The Morgan fingerprint density at radius 1 is 1.48 bits per heavy atom. The topological polar surface area (TPSA) is 85.5 Å². The molecule has 0 saturated heterocycles. The Balaban J connectivity index is 2.14. The molecule has 0 aliphatic carbocycles. The van der Waals surface area contributed by atoms with Gasteiger partial charge in [0.25, 0.3) is 0 Å². The van der Waals surface area contributed by atoms with E-state index >= 15 is 0 Å². The van der Waals surface area contributed by atoms with Gasteiger partial charge in [-0.15, -0.1) is 10.2 Å². The number of nitrogens with zero attached hydrogens (tertiary/aromatic N) is 2. The van der Waals surface area contributed by atoms with Gasteiger partial charge in [0.2, 0.25) is 11.8 Å². The molecule has 0 fully saturated rings. The van der Waals surface area contributed by atoms with Crippen LogP contribution in [0, 0.1) is 11.7 Å². The molecular weight excluding hydrogens is 279 g/mol. The normalized spacial score (nSPS) is 12.1. The van der Waals surface area contributed by atoms with Gasteiger partial charge >= 0.3 is 5.97 Å². The van der Waals surface area contributed by atoms with Gasteiger partial charge in [0.1, 0.15) is 0 Å². The summed E-state index contributed by atoms with van der Waals surface area (Å²) in [6.45, 7) is 1.79. The van der Waals surface area contributed by atoms with E-state index in [9.17, 15) is 9.18 Å². The zero-order valence-corrected chi connectivity index (χ0v) is 11.7. The first-order valence-electron chi connectivity index (χ1n) is 6.37. The van der Waals surface area contributed by atoms with Gasteiger partial charge in [-0.1, -0.05) is 6.92 Å². The Bertz CT molecular complexity index is 642. The van der Waals surface area contributed by atoms with Gasteiger partial charge < -0.3 is 14.3 Å². The molecule has 1 atom stereocenters.